The summed E-state index contributed by atoms with van der Waals surface area (Å²) in [6.45, 7) is 0.200. The van der Waals surface area contributed by atoms with E-state index in [1.165, 1.54) is 19.2 Å². The van der Waals surface area contributed by atoms with Crippen LogP contribution in [0, 0.1) is 11.8 Å². The minimum atomic E-state index is -3.68. The maximum atomic E-state index is 11.6. The molecule has 7 heteroatoms. The monoisotopic (exact) mass is 292 g/mol. The summed E-state index contributed by atoms with van der Waals surface area (Å²) in [5.74, 6) is 5.35. The van der Waals surface area contributed by atoms with Gasteiger partial charge in [0.2, 0.25) is 10.0 Å². The second-order valence-corrected chi connectivity index (χ2v) is 5.62. The number of halogens is 2. The molecule has 0 unspecified atom stereocenters. The second-order valence-electron chi connectivity index (χ2n) is 2.98. The summed E-state index contributed by atoms with van der Waals surface area (Å²) in [7, 11) is -2.40. The Labute approximate surface area is 110 Å². The first-order valence-electron chi connectivity index (χ1n) is 4.54. The lowest BCUT2D eigenvalue weighted by molar-refractivity contribution is 0.588. The molecule has 0 fully saturated rings. The Hall–Kier alpha value is -0.770. The largest absolute Gasteiger partial charge is 0.320 e. The molecule has 0 heterocycles. The molecule has 0 saturated heterocycles. The molecule has 0 spiro atoms. The van der Waals surface area contributed by atoms with Gasteiger partial charge in [-0.05, 0) is 19.2 Å². The lowest BCUT2D eigenvalue weighted by Gasteiger charge is -2.07. The normalized spacial score (nSPS) is 10.8. The SMILES string of the molecule is CNS(=O)(=O)c1c(Cl)cc(C#CCN)cc1Cl. The zero-order valence-electron chi connectivity index (χ0n) is 8.92. The van der Waals surface area contributed by atoms with E-state index in [1.807, 2.05) is 0 Å². The first-order chi connectivity index (χ1) is 7.92. The Kier molecular flexibility index (Phi) is 4.80. The molecule has 0 radical (unpaired) electrons. The quantitative estimate of drug-likeness (QED) is 0.805. The minimum Gasteiger partial charge on any atom is -0.320 e. The molecule has 17 heavy (non-hydrogen) atoms. The van der Waals surface area contributed by atoms with Crippen molar-refractivity contribution in [3.63, 3.8) is 0 Å². The zero-order valence-corrected chi connectivity index (χ0v) is 11.2. The third-order valence-corrected chi connectivity index (χ3v) is 4.21. The Morgan fingerprint density at radius 2 is 1.88 bits per heavy atom. The van der Waals surface area contributed by atoms with Crippen molar-refractivity contribution in [1.82, 2.24) is 4.72 Å². The van der Waals surface area contributed by atoms with Gasteiger partial charge in [0.1, 0.15) is 4.90 Å². The van der Waals surface area contributed by atoms with E-state index in [1.54, 1.807) is 0 Å². The van der Waals surface area contributed by atoms with E-state index in [-0.39, 0.29) is 21.5 Å². The summed E-state index contributed by atoms with van der Waals surface area (Å²) in [6, 6.07) is 2.86. The van der Waals surface area contributed by atoms with Crippen LogP contribution >= 0.6 is 23.2 Å². The molecule has 1 aromatic carbocycles. The average molecular weight is 293 g/mol. The first-order valence-corrected chi connectivity index (χ1v) is 6.78. The number of sulfonamides is 1. The standard InChI is InChI=1S/C10H10Cl2N2O2S/c1-14-17(15,16)10-8(11)5-7(3-2-4-13)6-9(10)12/h5-6,14H,4,13H2,1H3. The topological polar surface area (TPSA) is 72.2 Å². The fourth-order valence-electron chi connectivity index (χ4n) is 1.14. The third-order valence-electron chi connectivity index (χ3n) is 1.87. The average Bonchev–Trinajstić information content (AvgIpc) is 2.25. The maximum absolute atomic E-state index is 11.6. The van der Waals surface area contributed by atoms with Gasteiger partial charge in [-0.15, -0.1) is 0 Å². The van der Waals surface area contributed by atoms with Crippen LogP contribution in [0.2, 0.25) is 10.0 Å². The third kappa shape index (κ3) is 3.35. The Morgan fingerprint density at radius 3 is 2.29 bits per heavy atom. The molecule has 0 bridgehead atoms. The van der Waals surface area contributed by atoms with E-state index >= 15 is 0 Å². The van der Waals surface area contributed by atoms with Gasteiger partial charge >= 0.3 is 0 Å². The number of hydrogen-bond acceptors (Lipinski definition) is 3. The van der Waals surface area contributed by atoms with Crippen LogP contribution < -0.4 is 10.5 Å². The van der Waals surface area contributed by atoms with Crippen molar-refractivity contribution in [3.8, 4) is 11.8 Å². The molecule has 0 aliphatic heterocycles. The van der Waals surface area contributed by atoms with Crippen LogP contribution in [-0.2, 0) is 10.0 Å². The van der Waals surface area contributed by atoms with Crippen LogP contribution in [0.5, 0.6) is 0 Å². The van der Waals surface area contributed by atoms with Gasteiger partial charge in [-0.1, -0.05) is 35.0 Å². The fourth-order valence-corrected chi connectivity index (χ4v) is 3.08. The molecular weight excluding hydrogens is 283 g/mol. The lowest BCUT2D eigenvalue weighted by atomic mass is 10.2. The van der Waals surface area contributed by atoms with Crippen LogP contribution in [0.4, 0.5) is 0 Å². The smallest absolute Gasteiger partial charge is 0.243 e. The molecule has 0 aliphatic rings. The van der Waals surface area contributed by atoms with Gasteiger partial charge in [0, 0.05) is 5.56 Å². The van der Waals surface area contributed by atoms with Gasteiger partial charge < -0.3 is 5.73 Å². The highest BCUT2D eigenvalue weighted by atomic mass is 35.5. The predicted octanol–water partition coefficient (Wildman–Crippen LogP) is 1.21. The molecule has 0 atom stereocenters. The van der Waals surface area contributed by atoms with Gasteiger partial charge in [0.15, 0.2) is 0 Å². The molecule has 92 valence electrons. The predicted molar refractivity (Wildman–Crippen MR) is 68.6 cm³/mol. The summed E-state index contributed by atoms with van der Waals surface area (Å²) in [4.78, 5) is -0.151. The van der Waals surface area contributed by atoms with Crippen LogP contribution in [0.25, 0.3) is 0 Å². The van der Waals surface area contributed by atoms with Gasteiger partial charge in [0.25, 0.3) is 0 Å². The molecule has 0 aromatic heterocycles. The second kappa shape index (κ2) is 5.71. The highest BCUT2D eigenvalue weighted by Crippen LogP contribution is 2.30. The van der Waals surface area contributed by atoms with Crippen molar-refractivity contribution in [2.75, 3.05) is 13.6 Å². The van der Waals surface area contributed by atoms with E-state index in [2.05, 4.69) is 16.6 Å². The van der Waals surface area contributed by atoms with Crippen LogP contribution in [0.1, 0.15) is 5.56 Å². The van der Waals surface area contributed by atoms with Crippen molar-refractivity contribution in [2.45, 2.75) is 4.90 Å². The number of nitrogens with one attached hydrogen (secondary N) is 1. The molecule has 3 N–H and O–H groups in total. The molecule has 4 nitrogen and oxygen atoms in total. The van der Waals surface area contributed by atoms with Crippen molar-refractivity contribution in [2.24, 2.45) is 5.73 Å². The molecule has 1 aromatic rings. The Morgan fingerprint density at radius 1 is 1.35 bits per heavy atom. The van der Waals surface area contributed by atoms with Crippen molar-refractivity contribution < 1.29 is 8.42 Å². The molecule has 1 rings (SSSR count). The van der Waals surface area contributed by atoms with Crippen molar-refractivity contribution >= 4 is 33.2 Å². The van der Waals surface area contributed by atoms with E-state index in [4.69, 9.17) is 28.9 Å². The van der Waals surface area contributed by atoms with Gasteiger partial charge in [-0.3, -0.25) is 0 Å². The molecule has 0 aliphatic carbocycles. The lowest BCUT2D eigenvalue weighted by Crippen LogP contribution is -2.19. The van der Waals surface area contributed by atoms with Crippen molar-refractivity contribution in [1.29, 1.82) is 0 Å². The molecule has 0 amide bonds. The first kappa shape index (κ1) is 14.3. The summed E-state index contributed by atoms with van der Waals surface area (Å²) >= 11 is 11.7. The van der Waals surface area contributed by atoms with Gasteiger partial charge in [-0.2, -0.15) is 0 Å². The summed E-state index contributed by atoms with van der Waals surface area (Å²) in [5, 5.41) is 0.0429. The Bertz CT molecular complexity index is 565. The molecular formula is C10H10Cl2N2O2S. The summed E-state index contributed by atoms with van der Waals surface area (Å²) in [5.41, 5.74) is 5.74. The summed E-state index contributed by atoms with van der Waals surface area (Å²) < 4.78 is 25.4. The van der Waals surface area contributed by atoms with E-state index in [0.717, 1.165) is 0 Å². The summed E-state index contributed by atoms with van der Waals surface area (Å²) in [6.07, 6.45) is 0. The van der Waals surface area contributed by atoms with Crippen LogP contribution in [-0.4, -0.2) is 22.0 Å². The van der Waals surface area contributed by atoms with Gasteiger partial charge in [0.05, 0.1) is 16.6 Å². The van der Waals surface area contributed by atoms with E-state index in [0.29, 0.717) is 5.56 Å². The fraction of sp³-hybridized carbons (Fsp3) is 0.200. The molecule has 0 saturated carbocycles. The highest BCUT2D eigenvalue weighted by Gasteiger charge is 2.20. The zero-order chi connectivity index (χ0) is 13.1. The number of hydrogen-bond donors (Lipinski definition) is 2. The Balaban J connectivity index is 3.40. The highest BCUT2D eigenvalue weighted by molar-refractivity contribution is 7.89. The van der Waals surface area contributed by atoms with E-state index < -0.39 is 10.0 Å². The van der Waals surface area contributed by atoms with Crippen LogP contribution in [0.15, 0.2) is 17.0 Å². The van der Waals surface area contributed by atoms with Crippen LogP contribution in [0.3, 0.4) is 0 Å². The van der Waals surface area contributed by atoms with E-state index in [9.17, 15) is 8.42 Å². The van der Waals surface area contributed by atoms with Crippen molar-refractivity contribution in [3.05, 3.63) is 27.7 Å². The number of benzene rings is 1. The maximum Gasteiger partial charge on any atom is 0.243 e. The minimum absolute atomic E-state index is 0.0215. The number of nitrogens with two attached hydrogens (primary N) is 1. The van der Waals surface area contributed by atoms with Gasteiger partial charge in [-0.25, -0.2) is 13.1 Å². The number of rotatable bonds is 2.